The van der Waals surface area contributed by atoms with E-state index < -0.39 is 30.2 Å². The SMILES string of the molecule is COc1cc(/C=N\NC(=O)C(=O)Nc2ccccc2F)ccc1OCC(=O)O. The maximum Gasteiger partial charge on any atom is 0.341 e. The van der Waals surface area contributed by atoms with Crippen LogP contribution in [0.2, 0.25) is 0 Å². The van der Waals surface area contributed by atoms with E-state index in [2.05, 4.69) is 10.4 Å². The van der Waals surface area contributed by atoms with Gasteiger partial charge in [-0.15, -0.1) is 0 Å². The van der Waals surface area contributed by atoms with Crippen molar-refractivity contribution in [2.75, 3.05) is 19.0 Å². The zero-order valence-electron chi connectivity index (χ0n) is 14.6. The number of hydrogen-bond acceptors (Lipinski definition) is 6. The number of benzene rings is 2. The highest BCUT2D eigenvalue weighted by molar-refractivity contribution is 6.39. The fraction of sp³-hybridized carbons (Fsp3) is 0.111. The van der Waals surface area contributed by atoms with Crippen LogP contribution in [0.3, 0.4) is 0 Å². The zero-order chi connectivity index (χ0) is 20.5. The third-order valence-corrected chi connectivity index (χ3v) is 3.25. The third-order valence-electron chi connectivity index (χ3n) is 3.25. The molecule has 0 aliphatic rings. The number of amides is 2. The smallest absolute Gasteiger partial charge is 0.341 e. The summed E-state index contributed by atoms with van der Waals surface area (Å²) in [5.41, 5.74) is 2.36. The minimum Gasteiger partial charge on any atom is -0.493 e. The number of hydrogen-bond donors (Lipinski definition) is 3. The first-order chi connectivity index (χ1) is 13.4. The van der Waals surface area contributed by atoms with Gasteiger partial charge in [-0.2, -0.15) is 5.10 Å². The first-order valence-electron chi connectivity index (χ1n) is 7.82. The lowest BCUT2D eigenvalue weighted by atomic mass is 10.2. The molecule has 0 aliphatic carbocycles. The van der Waals surface area contributed by atoms with Crippen LogP contribution in [0.4, 0.5) is 10.1 Å². The Morgan fingerprint density at radius 2 is 1.89 bits per heavy atom. The number of para-hydroxylation sites is 1. The molecule has 0 radical (unpaired) electrons. The van der Waals surface area contributed by atoms with Crippen molar-refractivity contribution in [2.24, 2.45) is 5.10 Å². The summed E-state index contributed by atoms with van der Waals surface area (Å²) in [5, 5.41) is 14.4. The van der Waals surface area contributed by atoms with Crippen LogP contribution in [0.1, 0.15) is 5.56 Å². The van der Waals surface area contributed by atoms with Crippen LogP contribution in [-0.2, 0) is 14.4 Å². The van der Waals surface area contributed by atoms with E-state index in [1.54, 1.807) is 0 Å². The molecule has 2 aromatic carbocycles. The molecule has 0 unspecified atom stereocenters. The lowest BCUT2D eigenvalue weighted by Gasteiger charge is -2.09. The minimum absolute atomic E-state index is 0.131. The molecule has 146 valence electrons. The van der Waals surface area contributed by atoms with Crippen molar-refractivity contribution >= 4 is 29.7 Å². The van der Waals surface area contributed by atoms with Gasteiger partial charge in [0, 0.05) is 0 Å². The Kier molecular flexibility index (Phi) is 7.03. The van der Waals surface area contributed by atoms with E-state index in [9.17, 15) is 18.8 Å². The fourth-order valence-electron chi connectivity index (χ4n) is 1.98. The Bertz CT molecular complexity index is 916. The lowest BCUT2D eigenvalue weighted by molar-refractivity contribution is -0.139. The van der Waals surface area contributed by atoms with Crippen LogP contribution < -0.4 is 20.2 Å². The first-order valence-corrected chi connectivity index (χ1v) is 7.82. The number of carboxylic acid groups (broad SMARTS) is 1. The van der Waals surface area contributed by atoms with Crippen LogP contribution in [0.15, 0.2) is 47.6 Å². The summed E-state index contributed by atoms with van der Waals surface area (Å²) in [6.07, 6.45) is 1.23. The first kappa shape index (κ1) is 20.4. The second-order valence-corrected chi connectivity index (χ2v) is 5.23. The maximum atomic E-state index is 13.5. The quantitative estimate of drug-likeness (QED) is 0.373. The molecule has 0 saturated carbocycles. The molecule has 3 N–H and O–H groups in total. The number of nitrogens with one attached hydrogen (secondary N) is 2. The van der Waals surface area contributed by atoms with Gasteiger partial charge in [-0.25, -0.2) is 14.6 Å². The molecule has 0 bridgehead atoms. The van der Waals surface area contributed by atoms with Crippen molar-refractivity contribution in [3.8, 4) is 11.5 Å². The number of carbonyl (C=O) groups excluding carboxylic acids is 2. The van der Waals surface area contributed by atoms with Crippen molar-refractivity contribution < 1.29 is 33.4 Å². The van der Waals surface area contributed by atoms with Crippen LogP contribution in [0, 0.1) is 5.82 Å². The lowest BCUT2D eigenvalue weighted by Crippen LogP contribution is -2.32. The van der Waals surface area contributed by atoms with Crippen molar-refractivity contribution in [3.05, 3.63) is 53.8 Å². The predicted octanol–water partition coefficient (Wildman–Crippen LogP) is 1.39. The number of carboxylic acids is 1. The number of halogens is 1. The summed E-state index contributed by atoms with van der Waals surface area (Å²) in [7, 11) is 1.37. The van der Waals surface area contributed by atoms with Gasteiger partial charge >= 0.3 is 17.8 Å². The molecule has 0 fully saturated rings. The van der Waals surface area contributed by atoms with Gasteiger partial charge in [0.05, 0.1) is 19.0 Å². The predicted molar refractivity (Wildman–Crippen MR) is 96.9 cm³/mol. The molecule has 0 aliphatic heterocycles. The Balaban J connectivity index is 1.96. The maximum absolute atomic E-state index is 13.5. The molecular weight excluding hydrogens is 373 g/mol. The number of hydrazone groups is 1. The molecule has 0 heterocycles. The van der Waals surface area contributed by atoms with E-state index in [1.165, 1.54) is 49.7 Å². The van der Waals surface area contributed by atoms with Gasteiger partial charge in [0.1, 0.15) is 5.82 Å². The number of ether oxygens (including phenoxy) is 2. The monoisotopic (exact) mass is 389 g/mol. The molecule has 0 saturated heterocycles. The average Bonchev–Trinajstić information content (AvgIpc) is 2.68. The van der Waals surface area contributed by atoms with E-state index in [0.29, 0.717) is 5.56 Å². The van der Waals surface area contributed by atoms with Gasteiger partial charge in [-0.1, -0.05) is 12.1 Å². The second kappa shape index (κ2) is 9.67. The molecule has 0 spiro atoms. The highest BCUT2D eigenvalue weighted by Crippen LogP contribution is 2.27. The highest BCUT2D eigenvalue weighted by Gasteiger charge is 2.14. The van der Waals surface area contributed by atoms with Crippen LogP contribution in [0.5, 0.6) is 11.5 Å². The van der Waals surface area contributed by atoms with E-state index in [4.69, 9.17) is 14.6 Å². The number of nitrogens with zero attached hydrogens (tertiary/aromatic N) is 1. The fourth-order valence-corrected chi connectivity index (χ4v) is 1.98. The molecule has 9 nitrogen and oxygen atoms in total. The molecular formula is C18H16FN3O6. The summed E-state index contributed by atoms with van der Waals surface area (Å²) in [6.45, 7) is -0.531. The Morgan fingerprint density at radius 1 is 1.14 bits per heavy atom. The molecule has 10 heteroatoms. The van der Waals surface area contributed by atoms with Crippen LogP contribution >= 0.6 is 0 Å². The molecule has 2 rings (SSSR count). The van der Waals surface area contributed by atoms with E-state index in [-0.39, 0.29) is 17.2 Å². The number of carbonyl (C=O) groups is 3. The summed E-state index contributed by atoms with van der Waals surface area (Å²) < 4.78 is 23.6. The van der Waals surface area contributed by atoms with E-state index >= 15 is 0 Å². The van der Waals surface area contributed by atoms with E-state index in [0.717, 1.165) is 6.07 Å². The Labute approximate surface area is 158 Å². The van der Waals surface area contributed by atoms with Crippen LogP contribution in [-0.4, -0.2) is 42.8 Å². The van der Waals surface area contributed by atoms with Crippen molar-refractivity contribution in [1.82, 2.24) is 5.43 Å². The van der Waals surface area contributed by atoms with Gasteiger partial charge in [0.25, 0.3) is 0 Å². The zero-order valence-corrected chi connectivity index (χ0v) is 14.6. The average molecular weight is 389 g/mol. The van der Waals surface area contributed by atoms with Gasteiger partial charge in [0.2, 0.25) is 0 Å². The van der Waals surface area contributed by atoms with Crippen molar-refractivity contribution in [2.45, 2.75) is 0 Å². The standard InChI is InChI=1S/C18H16FN3O6/c1-27-15-8-11(6-7-14(15)28-10-16(23)24)9-20-22-18(26)17(25)21-13-5-3-2-4-12(13)19/h2-9H,10H2,1H3,(H,21,25)(H,22,26)(H,23,24)/b20-9-. The third kappa shape index (κ3) is 5.80. The summed E-state index contributed by atoms with van der Waals surface area (Å²) in [4.78, 5) is 34.0. The Morgan fingerprint density at radius 3 is 2.57 bits per heavy atom. The highest BCUT2D eigenvalue weighted by atomic mass is 19.1. The Hall–Kier alpha value is -3.95. The number of methoxy groups -OCH3 is 1. The van der Waals surface area contributed by atoms with Crippen molar-refractivity contribution in [1.29, 1.82) is 0 Å². The molecule has 2 amide bonds. The van der Waals surface area contributed by atoms with Gasteiger partial charge in [-0.3, -0.25) is 9.59 Å². The van der Waals surface area contributed by atoms with Gasteiger partial charge in [0.15, 0.2) is 18.1 Å². The number of anilines is 1. The van der Waals surface area contributed by atoms with Gasteiger partial charge < -0.3 is 19.9 Å². The van der Waals surface area contributed by atoms with Crippen LogP contribution in [0.25, 0.3) is 0 Å². The normalized spacial score (nSPS) is 10.4. The molecule has 28 heavy (non-hydrogen) atoms. The van der Waals surface area contributed by atoms with E-state index in [1.807, 2.05) is 5.43 Å². The molecule has 2 aromatic rings. The summed E-state index contributed by atoms with van der Waals surface area (Å²) in [6, 6.07) is 9.90. The molecule has 0 atom stereocenters. The van der Waals surface area contributed by atoms with Gasteiger partial charge in [-0.05, 0) is 35.9 Å². The topological polar surface area (TPSA) is 126 Å². The second-order valence-electron chi connectivity index (χ2n) is 5.23. The van der Waals surface area contributed by atoms with Crippen molar-refractivity contribution in [3.63, 3.8) is 0 Å². The summed E-state index contributed by atoms with van der Waals surface area (Å²) >= 11 is 0. The summed E-state index contributed by atoms with van der Waals surface area (Å²) in [5.74, 6) is -3.51. The minimum atomic E-state index is -1.14. The number of aliphatic carboxylic acids is 1. The molecule has 0 aromatic heterocycles. The number of rotatable bonds is 7. The largest absolute Gasteiger partial charge is 0.493 e.